The second kappa shape index (κ2) is 5.69. The molecule has 0 bridgehead atoms. The number of hydrogen-bond donors (Lipinski definition) is 1. The van der Waals surface area contributed by atoms with Crippen molar-refractivity contribution < 1.29 is 4.42 Å². The summed E-state index contributed by atoms with van der Waals surface area (Å²) in [6, 6.07) is 7.43. The number of nitrogens with one attached hydrogen (secondary N) is 1. The smallest absolute Gasteiger partial charge is 0.408 e. The highest BCUT2D eigenvalue weighted by molar-refractivity contribution is 5.72. The van der Waals surface area contributed by atoms with Gasteiger partial charge >= 0.3 is 5.76 Å². The van der Waals surface area contributed by atoms with Crippen LogP contribution in [0.5, 0.6) is 0 Å². The van der Waals surface area contributed by atoms with E-state index in [1.807, 2.05) is 18.2 Å². The second-order valence-electron chi connectivity index (χ2n) is 4.35. The largest absolute Gasteiger partial charge is 0.420 e. The van der Waals surface area contributed by atoms with Gasteiger partial charge in [0.25, 0.3) is 0 Å². The molecule has 0 aliphatic rings. The summed E-state index contributed by atoms with van der Waals surface area (Å²) in [5, 5.41) is 3.27. The van der Waals surface area contributed by atoms with E-state index >= 15 is 0 Å². The SMILES string of the molecule is C=C(CNCCC)Cn1c(=O)oc2ccccc21. The van der Waals surface area contributed by atoms with E-state index in [1.54, 1.807) is 10.6 Å². The minimum absolute atomic E-state index is 0.326. The Hall–Kier alpha value is -1.81. The van der Waals surface area contributed by atoms with Gasteiger partial charge in [0.05, 0.1) is 12.1 Å². The Bertz CT molecular complexity index is 595. The number of rotatable bonds is 6. The average molecular weight is 246 g/mol. The van der Waals surface area contributed by atoms with Gasteiger partial charge in [-0.25, -0.2) is 4.79 Å². The summed E-state index contributed by atoms with van der Waals surface area (Å²) in [6.07, 6.45) is 1.09. The molecule has 96 valence electrons. The summed E-state index contributed by atoms with van der Waals surface area (Å²) in [5.41, 5.74) is 2.41. The Labute approximate surface area is 106 Å². The number of aromatic nitrogens is 1. The molecule has 1 heterocycles. The molecule has 1 aromatic heterocycles. The van der Waals surface area contributed by atoms with Gasteiger partial charge in [-0.2, -0.15) is 0 Å². The lowest BCUT2D eigenvalue weighted by Gasteiger charge is -2.07. The molecule has 4 nitrogen and oxygen atoms in total. The Morgan fingerprint density at radius 1 is 1.44 bits per heavy atom. The Morgan fingerprint density at radius 3 is 3.00 bits per heavy atom. The van der Waals surface area contributed by atoms with E-state index < -0.39 is 0 Å². The molecule has 1 N–H and O–H groups in total. The number of nitrogens with zero attached hydrogens (tertiary/aromatic N) is 1. The first kappa shape index (κ1) is 12.6. The molecule has 0 saturated carbocycles. The zero-order valence-corrected chi connectivity index (χ0v) is 10.6. The number of hydrogen-bond acceptors (Lipinski definition) is 3. The summed E-state index contributed by atoms with van der Waals surface area (Å²) in [7, 11) is 0. The van der Waals surface area contributed by atoms with Crippen LogP contribution in [0, 0.1) is 0 Å². The van der Waals surface area contributed by atoms with Crippen LogP contribution in [0.15, 0.2) is 45.6 Å². The van der Waals surface area contributed by atoms with E-state index in [4.69, 9.17) is 4.42 Å². The fourth-order valence-electron chi connectivity index (χ4n) is 1.89. The molecule has 1 aromatic carbocycles. The molecule has 0 radical (unpaired) electrons. The Balaban J connectivity index is 2.14. The van der Waals surface area contributed by atoms with E-state index in [0.29, 0.717) is 12.1 Å². The highest BCUT2D eigenvalue weighted by Crippen LogP contribution is 2.12. The summed E-state index contributed by atoms with van der Waals surface area (Å²) in [5.74, 6) is -0.326. The maximum Gasteiger partial charge on any atom is 0.420 e. The molecule has 0 fully saturated rings. The molecule has 0 saturated heterocycles. The molecule has 18 heavy (non-hydrogen) atoms. The topological polar surface area (TPSA) is 47.2 Å². The van der Waals surface area contributed by atoms with Crippen LogP contribution in [-0.2, 0) is 6.54 Å². The van der Waals surface area contributed by atoms with E-state index in [1.165, 1.54) is 0 Å². The van der Waals surface area contributed by atoms with Crippen molar-refractivity contribution in [2.75, 3.05) is 13.1 Å². The molecule has 0 amide bonds. The average Bonchev–Trinajstić information content (AvgIpc) is 2.67. The highest BCUT2D eigenvalue weighted by Gasteiger charge is 2.08. The lowest BCUT2D eigenvalue weighted by Crippen LogP contribution is -2.22. The van der Waals surface area contributed by atoms with Gasteiger partial charge in [0.1, 0.15) is 0 Å². The highest BCUT2D eigenvalue weighted by atomic mass is 16.4. The van der Waals surface area contributed by atoms with Crippen molar-refractivity contribution in [3.05, 3.63) is 47.0 Å². The zero-order chi connectivity index (χ0) is 13.0. The van der Waals surface area contributed by atoms with Gasteiger partial charge in [-0.1, -0.05) is 25.6 Å². The van der Waals surface area contributed by atoms with Crippen LogP contribution >= 0.6 is 0 Å². The first-order valence-electron chi connectivity index (χ1n) is 6.18. The molecule has 4 heteroatoms. The fraction of sp³-hybridized carbons (Fsp3) is 0.357. The monoisotopic (exact) mass is 246 g/mol. The summed E-state index contributed by atoms with van der Waals surface area (Å²) in [6.45, 7) is 8.27. The second-order valence-corrected chi connectivity index (χ2v) is 4.35. The molecule has 2 aromatic rings. The fourth-order valence-corrected chi connectivity index (χ4v) is 1.89. The number of para-hydroxylation sites is 2. The van der Waals surface area contributed by atoms with Gasteiger partial charge in [-0.15, -0.1) is 0 Å². The zero-order valence-electron chi connectivity index (χ0n) is 10.6. The minimum atomic E-state index is -0.326. The molecular weight excluding hydrogens is 228 g/mol. The third-order valence-electron chi connectivity index (χ3n) is 2.76. The van der Waals surface area contributed by atoms with Gasteiger partial charge in [-0.3, -0.25) is 4.57 Å². The van der Waals surface area contributed by atoms with Gasteiger partial charge in [0.2, 0.25) is 0 Å². The van der Waals surface area contributed by atoms with Gasteiger partial charge < -0.3 is 9.73 Å². The Morgan fingerprint density at radius 2 is 2.22 bits per heavy atom. The quantitative estimate of drug-likeness (QED) is 0.627. The normalized spacial score (nSPS) is 10.9. The molecular formula is C14H18N2O2. The van der Waals surface area contributed by atoms with Crippen LogP contribution in [0.4, 0.5) is 0 Å². The third-order valence-corrected chi connectivity index (χ3v) is 2.76. The van der Waals surface area contributed by atoms with E-state index in [2.05, 4.69) is 18.8 Å². The van der Waals surface area contributed by atoms with Crippen molar-refractivity contribution in [3.8, 4) is 0 Å². The lowest BCUT2D eigenvalue weighted by atomic mass is 10.2. The summed E-state index contributed by atoms with van der Waals surface area (Å²) in [4.78, 5) is 11.7. The molecule has 0 atom stereocenters. The summed E-state index contributed by atoms with van der Waals surface area (Å²) >= 11 is 0. The van der Waals surface area contributed by atoms with E-state index in [0.717, 1.165) is 30.6 Å². The lowest BCUT2D eigenvalue weighted by molar-refractivity contribution is 0.514. The van der Waals surface area contributed by atoms with Crippen molar-refractivity contribution in [2.24, 2.45) is 0 Å². The predicted octanol–water partition coefficient (Wildman–Crippen LogP) is 2.15. The van der Waals surface area contributed by atoms with Crippen LogP contribution < -0.4 is 11.1 Å². The number of oxazole rings is 1. The van der Waals surface area contributed by atoms with Crippen molar-refractivity contribution in [3.63, 3.8) is 0 Å². The molecule has 0 spiro atoms. The predicted molar refractivity (Wildman–Crippen MR) is 72.8 cm³/mol. The first-order chi connectivity index (χ1) is 8.72. The van der Waals surface area contributed by atoms with Crippen LogP contribution in [0.1, 0.15) is 13.3 Å². The maximum absolute atomic E-state index is 11.7. The van der Waals surface area contributed by atoms with E-state index in [9.17, 15) is 4.79 Å². The molecule has 2 rings (SSSR count). The number of benzene rings is 1. The van der Waals surface area contributed by atoms with Gasteiger partial charge in [0, 0.05) is 6.54 Å². The summed E-state index contributed by atoms with van der Waals surface area (Å²) < 4.78 is 6.79. The number of fused-ring (bicyclic) bond motifs is 1. The van der Waals surface area contributed by atoms with Gasteiger partial charge in [-0.05, 0) is 30.7 Å². The molecule has 0 aliphatic heterocycles. The van der Waals surface area contributed by atoms with Crippen molar-refractivity contribution in [1.82, 2.24) is 9.88 Å². The first-order valence-corrected chi connectivity index (χ1v) is 6.18. The van der Waals surface area contributed by atoms with Crippen LogP contribution in [0.3, 0.4) is 0 Å². The van der Waals surface area contributed by atoms with Gasteiger partial charge in [0.15, 0.2) is 5.58 Å². The van der Waals surface area contributed by atoms with Crippen LogP contribution in [-0.4, -0.2) is 17.7 Å². The Kier molecular flexibility index (Phi) is 3.99. The van der Waals surface area contributed by atoms with E-state index in [-0.39, 0.29) is 5.76 Å². The maximum atomic E-state index is 11.7. The standard InChI is InChI=1S/C14H18N2O2/c1-3-8-15-9-11(2)10-16-12-6-4-5-7-13(12)18-14(16)17/h4-7,15H,2-3,8-10H2,1H3. The van der Waals surface area contributed by atoms with Crippen molar-refractivity contribution >= 4 is 11.1 Å². The van der Waals surface area contributed by atoms with Crippen LogP contribution in [0.2, 0.25) is 0 Å². The van der Waals surface area contributed by atoms with Crippen LogP contribution in [0.25, 0.3) is 11.1 Å². The molecule has 0 aliphatic carbocycles. The van der Waals surface area contributed by atoms with Crippen molar-refractivity contribution in [2.45, 2.75) is 19.9 Å². The molecule has 0 unspecified atom stereocenters. The third kappa shape index (κ3) is 2.71. The minimum Gasteiger partial charge on any atom is -0.408 e. The van der Waals surface area contributed by atoms with Crippen molar-refractivity contribution in [1.29, 1.82) is 0 Å².